The molecule has 0 spiro atoms. The van der Waals surface area contributed by atoms with Crippen molar-refractivity contribution in [1.29, 1.82) is 0 Å². The number of pyridine rings is 1. The quantitative estimate of drug-likeness (QED) is 0.152. The Hall–Kier alpha value is -4.00. The molecule has 0 radical (unpaired) electrons. The van der Waals surface area contributed by atoms with Gasteiger partial charge in [0.1, 0.15) is 18.4 Å². The fourth-order valence-corrected chi connectivity index (χ4v) is 8.33. The summed E-state index contributed by atoms with van der Waals surface area (Å²) in [6.45, 7) is 4.86. The number of aromatic nitrogens is 3. The van der Waals surface area contributed by atoms with Crippen LogP contribution in [0, 0.1) is 11.8 Å². The van der Waals surface area contributed by atoms with Crippen LogP contribution in [0.1, 0.15) is 40.2 Å². The molecule has 42 heavy (non-hydrogen) atoms. The van der Waals surface area contributed by atoms with Gasteiger partial charge in [-0.25, -0.2) is 13.9 Å². The number of hydrogen-bond acceptors (Lipinski definition) is 6. The molecule has 1 fully saturated rings. The molecule has 10 nitrogen and oxygen atoms in total. The van der Waals surface area contributed by atoms with E-state index in [-0.39, 0.29) is 23.6 Å². The van der Waals surface area contributed by atoms with Crippen molar-refractivity contribution in [2.75, 3.05) is 6.26 Å². The van der Waals surface area contributed by atoms with Crippen LogP contribution in [0.15, 0.2) is 72.0 Å². The van der Waals surface area contributed by atoms with Crippen LogP contribution in [0.25, 0.3) is 10.4 Å². The second kappa shape index (κ2) is 10.7. The number of carbonyl (C=O) groups excluding carboxylic acids is 2. The van der Waals surface area contributed by atoms with E-state index in [1.54, 1.807) is 30.8 Å². The highest BCUT2D eigenvalue weighted by Gasteiger charge is 2.60. The molecule has 2 amide bonds. The number of benzene rings is 1. The Labute approximate surface area is 250 Å². The number of carboxylic acid groups (broad SMARTS) is 1. The third-order valence-corrected chi connectivity index (χ3v) is 10.2. The summed E-state index contributed by atoms with van der Waals surface area (Å²) in [4.78, 5) is 39.5. The van der Waals surface area contributed by atoms with Crippen LogP contribution in [-0.2, 0) is 22.7 Å². The number of nitrogens with zero attached hydrogens (tertiary/aromatic N) is 4. The zero-order chi connectivity index (χ0) is 29.9. The van der Waals surface area contributed by atoms with Crippen LogP contribution in [0.5, 0.6) is 0 Å². The molecule has 0 unspecified atom stereocenters. The molecule has 6 rings (SSSR count). The molecule has 0 bridgehead atoms. The summed E-state index contributed by atoms with van der Waals surface area (Å²) in [6, 6.07) is 11.5. The van der Waals surface area contributed by atoms with Gasteiger partial charge in [-0.3, -0.25) is 9.59 Å². The van der Waals surface area contributed by atoms with Gasteiger partial charge in [-0.1, -0.05) is 54.3 Å². The second-order valence-corrected chi connectivity index (χ2v) is 12.6. The Morgan fingerprint density at radius 1 is 1.12 bits per heavy atom. The molecule has 1 aromatic carbocycles. The number of imidazole rings is 1. The number of nitrogens with two attached hydrogens (primary N) is 1. The molecular formula is C30H31N5O5S2+2. The number of rotatable bonds is 9. The molecule has 4 N–H and O–H groups in total. The van der Waals surface area contributed by atoms with Crippen molar-refractivity contribution in [2.45, 2.75) is 44.1 Å². The largest absolute Gasteiger partial charge is 0.477 e. The van der Waals surface area contributed by atoms with Crippen LogP contribution in [0.2, 0.25) is 0 Å². The van der Waals surface area contributed by atoms with E-state index in [2.05, 4.69) is 28.8 Å². The normalized spacial score (nSPS) is 20.6. The monoisotopic (exact) mass is 605 g/mol. The average molecular weight is 606 g/mol. The average Bonchev–Trinajstić information content (AvgIpc) is 3.56. The van der Waals surface area contributed by atoms with Gasteiger partial charge >= 0.3 is 5.97 Å². The first-order valence-corrected chi connectivity index (χ1v) is 15.6. The van der Waals surface area contributed by atoms with Gasteiger partial charge in [0.05, 0.1) is 28.5 Å². The van der Waals surface area contributed by atoms with Crippen LogP contribution in [0.4, 0.5) is 0 Å². The predicted molar refractivity (Wildman–Crippen MR) is 157 cm³/mol. The Balaban J connectivity index is 1.24. The Bertz CT molecular complexity index is 1760. The molecule has 4 aromatic rings. The van der Waals surface area contributed by atoms with E-state index in [1.165, 1.54) is 16.2 Å². The molecule has 0 saturated carbocycles. The highest BCUT2D eigenvalue weighted by molar-refractivity contribution is 7.98. The van der Waals surface area contributed by atoms with Gasteiger partial charge in [0.2, 0.25) is 21.7 Å². The second-order valence-electron chi connectivity index (χ2n) is 10.8. The first-order valence-electron chi connectivity index (χ1n) is 13.5. The SMILES string of the molecule is CSc1c2sc(C3=C(C(=O)O)N4C(=O)[C@H]([C@@H](C)O)[C@@H]4[C@H]3C)cn2c[n+]1Cc1ccc(C[n+]2ccc(C(N)=O)cc2)cc1. The molecule has 0 aliphatic carbocycles. The first kappa shape index (κ1) is 28.1. The van der Waals surface area contributed by atoms with Gasteiger partial charge in [-0.05, 0) is 18.7 Å². The molecule has 12 heteroatoms. The standard InChI is InChI=1S/C30H29N5O5S2/c1-16-22(25(30(39)40)35-24(16)23(17(2)36)27(35)38)21-14-34-15-33(28(41-3)29(34)42-21)13-19-6-4-18(5-7-19)12-32-10-8-20(9-11-32)26(31)37/h4-11,14-17,23-24,36H,12-13H2,1-3H3,(H-2,31,37,39,40)/p+2/t16-,17+,23+,24-/m0/s1. The zero-order valence-corrected chi connectivity index (χ0v) is 24.9. The lowest BCUT2D eigenvalue weighted by Crippen LogP contribution is -2.63. The molecule has 5 heterocycles. The lowest BCUT2D eigenvalue weighted by Gasteiger charge is -2.46. The highest BCUT2D eigenvalue weighted by Crippen LogP contribution is 2.51. The fourth-order valence-electron chi connectivity index (χ4n) is 6.15. The molecular weight excluding hydrogens is 574 g/mol. The van der Waals surface area contributed by atoms with Crippen LogP contribution in [0.3, 0.4) is 0 Å². The van der Waals surface area contributed by atoms with Crippen LogP contribution >= 0.6 is 23.1 Å². The number of amides is 2. The van der Waals surface area contributed by atoms with Gasteiger partial charge in [-0.2, -0.15) is 4.40 Å². The summed E-state index contributed by atoms with van der Waals surface area (Å²) >= 11 is 3.15. The van der Waals surface area contributed by atoms with Crippen molar-refractivity contribution in [2.24, 2.45) is 17.6 Å². The maximum absolute atomic E-state index is 12.8. The van der Waals surface area contributed by atoms with Crippen molar-refractivity contribution in [3.63, 3.8) is 0 Å². The number of aliphatic carboxylic acids is 1. The summed E-state index contributed by atoms with van der Waals surface area (Å²) in [5.74, 6) is -2.70. The van der Waals surface area contributed by atoms with E-state index >= 15 is 0 Å². The minimum Gasteiger partial charge on any atom is -0.477 e. The van der Waals surface area contributed by atoms with E-state index < -0.39 is 23.9 Å². The minimum atomic E-state index is -1.13. The first-order chi connectivity index (χ1) is 20.1. The van der Waals surface area contributed by atoms with E-state index in [4.69, 9.17) is 5.73 Å². The van der Waals surface area contributed by atoms with Crippen molar-refractivity contribution in [1.82, 2.24) is 9.30 Å². The van der Waals surface area contributed by atoms with Gasteiger partial charge in [0, 0.05) is 29.2 Å². The van der Waals surface area contributed by atoms with Crippen molar-refractivity contribution in [3.8, 4) is 0 Å². The number of primary amides is 1. The summed E-state index contributed by atoms with van der Waals surface area (Å²) in [7, 11) is 0. The Kier molecular flexibility index (Phi) is 7.16. The summed E-state index contributed by atoms with van der Waals surface area (Å²) in [5.41, 5.74) is 8.74. The molecule has 216 valence electrons. The summed E-state index contributed by atoms with van der Waals surface area (Å²) < 4.78 is 6.19. The van der Waals surface area contributed by atoms with Gasteiger partial charge < -0.3 is 20.8 Å². The number of carbonyl (C=O) groups is 3. The molecule has 2 aliphatic heterocycles. The summed E-state index contributed by atoms with van der Waals surface area (Å²) in [6.07, 6.45) is 8.83. The number of aliphatic hydroxyl groups excluding tert-OH is 1. The van der Waals surface area contributed by atoms with E-state index in [9.17, 15) is 24.6 Å². The van der Waals surface area contributed by atoms with Crippen LogP contribution in [-0.4, -0.2) is 55.7 Å². The molecule has 2 aliphatic rings. The fraction of sp³-hybridized carbons (Fsp3) is 0.300. The minimum absolute atomic E-state index is 0.0274. The highest BCUT2D eigenvalue weighted by atomic mass is 32.2. The summed E-state index contributed by atoms with van der Waals surface area (Å²) in [5, 5.41) is 21.3. The van der Waals surface area contributed by atoms with Gasteiger partial charge in [0.25, 0.3) is 6.33 Å². The van der Waals surface area contributed by atoms with E-state index in [0.717, 1.165) is 25.9 Å². The Morgan fingerprint density at radius 3 is 2.33 bits per heavy atom. The third-order valence-electron chi connectivity index (χ3n) is 8.16. The third kappa shape index (κ3) is 4.59. The number of aliphatic hydroxyl groups is 1. The topological polar surface area (TPSA) is 133 Å². The zero-order valence-electron chi connectivity index (χ0n) is 23.3. The lowest BCUT2D eigenvalue weighted by atomic mass is 9.77. The number of thioether (sulfide) groups is 1. The van der Waals surface area contributed by atoms with Gasteiger partial charge in [0.15, 0.2) is 18.9 Å². The maximum Gasteiger partial charge on any atom is 0.352 e. The maximum atomic E-state index is 12.8. The number of hydrogen-bond donors (Lipinski definition) is 3. The van der Waals surface area contributed by atoms with Crippen LogP contribution < -0.4 is 14.9 Å². The Morgan fingerprint density at radius 2 is 1.76 bits per heavy atom. The molecule has 3 aromatic heterocycles. The number of thiazole rings is 1. The van der Waals surface area contributed by atoms with E-state index in [1.807, 2.05) is 47.1 Å². The number of β-lactam (4-membered cyclic amide) rings is 1. The smallest absolute Gasteiger partial charge is 0.352 e. The van der Waals surface area contributed by atoms with Gasteiger partial charge in [-0.15, -0.1) is 0 Å². The molecule has 4 atom stereocenters. The van der Waals surface area contributed by atoms with E-state index in [0.29, 0.717) is 24.2 Å². The van der Waals surface area contributed by atoms with Crippen molar-refractivity contribution in [3.05, 3.63) is 88.6 Å². The van der Waals surface area contributed by atoms with Crippen molar-refractivity contribution >= 4 is 51.3 Å². The number of carboxylic acids is 1. The molecule has 1 saturated heterocycles. The lowest BCUT2D eigenvalue weighted by molar-refractivity contribution is -0.721. The predicted octanol–water partition coefficient (Wildman–Crippen LogP) is 2.15. The number of fused-ring (bicyclic) bond motifs is 2. The van der Waals surface area contributed by atoms with Crippen molar-refractivity contribution < 1.29 is 33.7 Å².